The highest BCUT2D eigenvalue weighted by atomic mass is 35.5. The summed E-state index contributed by atoms with van der Waals surface area (Å²) in [4.78, 5) is 18.3. The van der Waals surface area contributed by atoms with Crippen molar-refractivity contribution in [3.05, 3.63) is 34.9 Å². The van der Waals surface area contributed by atoms with Crippen LogP contribution in [0, 0.1) is 0 Å². The number of rotatable bonds is 7. The first kappa shape index (κ1) is 18.7. The van der Waals surface area contributed by atoms with Crippen molar-refractivity contribution in [2.24, 2.45) is 10.7 Å². The highest BCUT2D eigenvalue weighted by molar-refractivity contribution is 7.91. The quantitative estimate of drug-likeness (QED) is 0.792. The van der Waals surface area contributed by atoms with E-state index in [9.17, 15) is 13.2 Å². The zero-order valence-electron chi connectivity index (χ0n) is 13.8. The van der Waals surface area contributed by atoms with E-state index in [0.717, 1.165) is 5.56 Å². The van der Waals surface area contributed by atoms with Crippen molar-refractivity contribution in [1.82, 2.24) is 4.90 Å². The lowest BCUT2D eigenvalue weighted by Gasteiger charge is -2.22. The van der Waals surface area contributed by atoms with Gasteiger partial charge in [-0.25, -0.2) is 13.4 Å². The molecule has 132 valence electrons. The van der Waals surface area contributed by atoms with Crippen molar-refractivity contribution in [2.45, 2.75) is 38.8 Å². The molecule has 0 fully saturated rings. The van der Waals surface area contributed by atoms with Crippen LogP contribution in [0.2, 0.25) is 5.02 Å². The zero-order chi connectivity index (χ0) is 18.0. The summed E-state index contributed by atoms with van der Waals surface area (Å²) in [5.41, 5.74) is 5.60. The minimum atomic E-state index is -3.18. The topological polar surface area (TPSA) is 92.8 Å². The highest BCUT2D eigenvalue weighted by Gasteiger charge is 2.44. The molecule has 1 unspecified atom stereocenters. The van der Waals surface area contributed by atoms with Crippen molar-refractivity contribution in [3.63, 3.8) is 0 Å². The van der Waals surface area contributed by atoms with E-state index in [1.807, 2.05) is 13.0 Å². The summed E-state index contributed by atoms with van der Waals surface area (Å²) in [5, 5.41) is 0.572. The van der Waals surface area contributed by atoms with Gasteiger partial charge in [-0.1, -0.05) is 30.7 Å². The molecule has 1 heterocycles. The molecule has 0 radical (unpaired) electrons. The van der Waals surface area contributed by atoms with Gasteiger partial charge in [-0.05, 0) is 37.5 Å². The zero-order valence-corrected chi connectivity index (χ0v) is 15.4. The molecule has 0 bridgehead atoms. The third kappa shape index (κ3) is 4.27. The molecule has 1 aromatic rings. The largest absolute Gasteiger partial charge is 0.369 e. The van der Waals surface area contributed by atoms with E-state index in [2.05, 4.69) is 4.99 Å². The molecule has 2 N–H and O–H groups in total. The molecule has 1 aromatic carbocycles. The van der Waals surface area contributed by atoms with Gasteiger partial charge in [-0.3, -0.25) is 9.69 Å². The van der Waals surface area contributed by atoms with Gasteiger partial charge in [0, 0.05) is 10.8 Å². The van der Waals surface area contributed by atoms with Gasteiger partial charge in [0.25, 0.3) is 5.91 Å². The fourth-order valence-electron chi connectivity index (χ4n) is 2.66. The van der Waals surface area contributed by atoms with Crippen molar-refractivity contribution in [2.75, 3.05) is 11.5 Å². The Morgan fingerprint density at radius 3 is 2.67 bits per heavy atom. The maximum Gasteiger partial charge on any atom is 0.257 e. The number of nitrogens with zero attached hydrogens (tertiary/aromatic N) is 2. The number of sulfone groups is 1. The molecule has 6 nitrogen and oxygen atoms in total. The summed E-state index contributed by atoms with van der Waals surface area (Å²) in [6, 6.07) is 7.14. The number of amides is 1. The van der Waals surface area contributed by atoms with Crippen LogP contribution in [0.1, 0.15) is 32.3 Å². The molecule has 0 aromatic heterocycles. The van der Waals surface area contributed by atoms with E-state index in [0.29, 0.717) is 11.4 Å². The molecular formula is C16H22ClN3O3S. The minimum Gasteiger partial charge on any atom is -0.369 e. The Bertz CT molecular complexity index is 764. The standard InChI is InChI=1S/C16H22ClN3O3S/c1-3-8-24(22,23)9-7-16(2)14(21)20(15(18)19-16)11-12-5-4-6-13(17)10-12/h4-6,10H,3,7-9,11H2,1-2H3,(H2,18,19). The monoisotopic (exact) mass is 371 g/mol. The van der Waals surface area contributed by atoms with Gasteiger partial charge in [0.1, 0.15) is 15.4 Å². The minimum absolute atomic E-state index is 0.0785. The summed E-state index contributed by atoms with van der Waals surface area (Å²) < 4.78 is 23.8. The van der Waals surface area contributed by atoms with Gasteiger partial charge >= 0.3 is 0 Å². The molecule has 1 aliphatic heterocycles. The van der Waals surface area contributed by atoms with Crippen LogP contribution in [0.4, 0.5) is 0 Å². The second-order valence-corrected chi connectivity index (χ2v) is 8.91. The lowest BCUT2D eigenvalue weighted by Crippen LogP contribution is -2.43. The number of hydrogen-bond acceptors (Lipinski definition) is 5. The van der Waals surface area contributed by atoms with Crippen LogP contribution in [0.5, 0.6) is 0 Å². The molecule has 1 amide bonds. The Labute approximate surface area is 147 Å². The number of guanidine groups is 1. The molecule has 24 heavy (non-hydrogen) atoms. The normalized spacial score (nSPS) is 21.2. The van der Waals surface area contributed by atoms with Gasteiger partial charge in [0.15, 0.2) is 5.96 Å². The van der Waals surface area contributed by atoms with E-state index in [1.54, 1.807) is 25.1 Å². The predicted octanol–water partition coefficient (Wildman–Crippen LogP) is 1.97. The summed E-state index contributed by atoms with van der Waals surface area (Å²) in [6.45, 7) is 3.69. The van der Waals surface area contributed by atoms with Crippen LogP contribution in [0.15, 0.2) is 29.3 Å². The SMILES string of the molecule is CCCS(=O)(=O)CCC1(C)N=C(N)N(Cc2cccc(Cl)c2)C1=O. The first-order valence-corrected chi connectivity index (χ1v) is 9.99. The average Bonchev–Trinajstić information content (AvgIpc) is 2.70. The van der Waals surface area contributed by atoms with E-state index in [1.165, 1.54) is 4.90 Å². The molecular weight excluding hydrogens is 350 g/mol. The van der Waals surface area contributed by atoms with Crippen LogP contribution in [0.25, 0.3) is 0 Å². The van der Waals surface area contributed by atoms with Crippen LogP contribution in [0.3, 0.4) is 0 Å². The van der Waals surface area contributed by atoms with Gasteiger partial charge in [-0.15, -0.1) is 0 Å². The summed E-state index contributed by atoms with van der Waals surface area (Å²) in [5.74, 6) is -0.143. The van der Waals surface area contributed by atoms with E-state index in [-0.39, 0.29) is 36.3 Å². The summed E-state index contributed by atoms with van der Waals surface area (Å²) in [6.07, 6.45) is 0.681. The molecule has 1 aliphatic rings. The van der Waals surface area contributed by atoms with Crippen LogP contribution >= 0.6 is 11.6 Å². The number of halogens is 1. The number of aliphatic imine (C=N–C) groups is 1. The smallest absolute Gasteiger partial charge is 0.257 e. The van der Waals surface area contributed by atoms with Crippen molar-refractivity contribution in [1.29, 1.82) is 0 Å². The molecule has 0 aliphatic carbocycles. The third-order valence-electron chi connectivity index (χ3n) is 3.99. The van der Waals surface area contributed by atoms with Gasteiger partial charge in [-0.2, -0.15) is 0 Å². The lowest BCUT2D eigenvalue weighted by atomic mass is 9.99. The first-order chi connectivity index (χ1) is 11.2. The maximum atomic E-state index is 12.7. The molecule has 2 rings (SSSR count). The molecule has 8 heteroatoms. The highest BCUT2D eigenvalue weighted by Crippen LogP contribution is 2.27. The number of benzene rings is 1. The fraction of sp³-hybridized carbons (Fsp3) is 0.500. The van der Waals surface area contributed by atoms with Crippen LogP contribution in [-0.4, -0.2) is 42.2 Å². The molecule has 0 saturated carbocycles. The van der Waals surface area contributed by atoms with Gasteiger partial charge in [0.2, 0.25) is 0 Å². The number of hydrogen-bond donors (Lipinski definition) is 1. The van der Waals surface area contributed by atoms with Crippen LogP contribution < -0.4 is 5.73 Å². The van der Waals surface area contributed by atoms with E-state index in [4.69, 9.17) is 17.3 Å². The number of nitrogens with two attached hydrogens (primary N) is 1. The fourth-order valence-corrected chi connectivity index (χ4v) is 4.40. The Morgan fingerprint density at radius 1 is 1.33 bits per heavy atom. The van der Waals surface area contributed by atoms with Gasteiger partial charge < -0.3 is 5.73 Å². The molecule has 0 spiro atoms. The van der Waals surface area contributed by atoms with Crippen molar-refractivity contribution >= 4 is 33.3 Å². The molecule has 0 saturated heterocycles. The Kier molecular flexibility index (Phi) is 5.55. The van der Waals surface area contributed by atoms with Crippen molar-refractivity contribution < 1.29 is 13.2 Å². The van der Waals surface area contributed by atoms with Crippen LogP contribution in [-0.2, 0) is 21.2 Å². The lowest BCUT2D eigenvalue weighted by molar-refractivity contribution is -0.131. The average molecular weight is 372 g/mol. The molecule has 1 atom stereocenters. The Morgan fingerprint density at radius 2 is 2.04 bits per heavy atom. The predicted molar refractivity (Wildman–Crippen MR) is 95.6 cm³/mol. The number of carbonyl (C=O) groups excluding carboxylic acids is 1. The first-order valence-electron chi connectivity index (χ1n) is 7.79. The maximum absolute atomic E-state index is 12.7. The van der Waals surface area contributed by atoms with E-state index < -0.39 is 15.4 Å². The second kappa shape index (κ2) is 7.11. The number of carbonyl (C=O) groups is 1. The Hall–Kier alpha value is -1.60. The van der Waals surface area contributed by atoms with Crippen molar-refractivity contribution in [3.8, 4) is 0 Å². The van der Waals surface area contributed by atoms with E-state index >= 15 is 0 Å². The van der Waals surface area contributed by atoms with Gasteiger partial charge in [0.05, 0.1) is 12.3 Å². The summed E-state index contributed by atoms with van der Waals surface area (Å²) >= 11 is 5.96. The summed E-state index contributed by atoms with van der Waals surface area (Å²) in [7, 11) is -3.18. The Balaban J connectivity index is 2.11. The third-order valence-corrected chi connectivity index (χ3v) is 6.08. The second-order valence-electron chi connectivity index (χ2n) is 6.17.